The van der Waals surface area contributed by atoms with Gasteiger partial charge in [0, 0.05) is 11.0 Å². The molecule has 0 saturated heterocycles. The summed E-state index contributed by atoms with van der Waals surface area (Å²) in [4.78, 5) is 13.2. The second-order valence-electron chi connectivity index (χ2n) is 4.77. The Morgan fingerprint density at radius 2 is 1.83 bits per heavy atom. The van der Waals surface area contributed by atoms with Crippen molar-refractivity contribution in [1.82, 2.24) is 0 Å². The maximum absolute atomic E-state index is 12.9. The first-order valence-electron chi connectivity index (χ1n) is 6.98. The number of carbonyl (C=O) groups is 1. The number of hydrogen-bond donors (Lipinski definition) is 1. The standard InChI is InChI=1S/C17H18FNO3S/c1-11(23-14-7-4-12(18)5-8-14)17(20)19-15-10-13(21-2)6-9-16(15)22-3/h4-11H,1-3H3,(H,19,20)/t11-/m1/s1. The Kier molecular flexibility index (Phi) is 5.87. The highest BCUT2D eigenvalue weighted by Crippen LogP contribution is 2.30. The first kappa shape index (κ1) is 17.1. The minimum absolute atomic E-state index is 0.175. The van der Waals surface area contributed by atoms with Gasteiger partial charge in [-0.05, 0) is 43.3 Å². The fourth-order valence-electron chi connectivity index (χ4n) is 1.92. The molecule has 0 bridgehead atoms. The van der Waals surface area contributed by atoms with Gasteiger partial charge in [0.15, 0.2) is 0 Å². The van der Waals surface area contributed by atoms with Crippen LogP contribution in [0.3, 0.4) is 0 Å². The van der Waals surface area contributed by atoms with Crippen LogP contribution in [-0.2, 0) is 4.79 Å². The van der Waals surface area contributed by atoms with Gasteiger partial charge in [0.2, 0.25) is 5.91 Å². The second-order valence-corrected chi connectivity index (χ2v) is 6.18. The molecule has 0 aliphatic heterocycles. The Labute approximate surface area is 139 Å². The maximum Gasteiger partial charge on any atom is 0.237 e. The molecule has 0 aliphatic carbocycles. The summed E-state index contributed by atoms with van der Waals surface area (Å²) in [5.41, 5.74) is 0.545. The van der Waals surface area contributed by atoms with Gasteiger partial charge in [-0.15, -0.1) is 11.8 Å². The van der Waals surface area contributed by atoms with Gasteiger partial charge >= 0.3 is 0 Å². The quantitative estimate of drug-likeness (QED) is 0.812. The van der Waals surface area contributed by atoms with E-state index in [0.717, 1.165) is 4.90 Å². The minimum Gasteiger partial charge on any atom is -0.497 e. The van der Waals surface area contributed by atoms with Crippen molar-refractivity contribution >= 4 is 23.4 Å². The third-order valence-corrected chi connectivity index (χ3v) is 4.27. The highest BCUT2D eigenvalue weighted by Gasteiger charge is 2.17. The summed E-state index contributed by atoms with van der Waals surface area (Å²) in [6.45, 7) is 1.79. The van der Waals surface area contributed by atoms with Crippen molar-refractivity contribution < 1.29 is 18.7 Å². The van der Waals surface area contributed by atoms with E-state index in [-0.39, 0.29) is 17.0 Å². The van der Waals surface area contributed by atoms with Crippen LogP contribution in [0.4, 0.5) is 10.1 Å². The van der Waals surface area contributed by atoms with Crippen LogP contribution >= 0.6 is 11.8 Å². The number of nitrogens with one attached hydrogen (secondary N) is 1. The zero-order valence-corrected chi connectivity index (χ0v) is 13.9. The molecule has 2 aromatic carbocycles. The van der Waals surface area contributed by atoms with Gasteiger partial charge in [0.1, 0.15) is 17.3 Å². The summed E-state index contributed by atoms with van der Waals surface area (Å²) >= 11 is 1.35. The fourth-order valence-corrected chi connectivity index (χ4v) is 2.78. The van der Waals surface area contributed by atoms with E-state index in [0.29, 0.717) is 17.2 Å². The van der Waals surface area contributed by atoms with Gasteiger partial charge in [-0.2, -0.15) is 0 Å². The first-order chi connectivity index (χ1) is 11.0. The van der Waals surface area contributed by atoms with Crippen LogP contribution in [-0.4, -0.2) is 25.4 Å². The molecular formula is C17H18FNO3S. The number of rotatable bonds is 6. The summed E-state index contributed by atoms with van der Waals surface area (Å²) in [7, 11) is 3.09. The lowest BCUT2D eigenvalue weighted by atomic mass is 10.2. The van der Waals surface area contributed by atoms with E-state index in [9.17, 15) is 9.18 Å². The Balaban J connectivity index is 2.07. The van der Waals surface area contributed by atoms with Crippen molar-refractivity contribution in [2.45, 2.75) is 17.1 Å². The van der Waals surface area contributed by atoms with Crippen molar-refractivity contribution in [3.8, 4) is 11.5 Å². The molecule has 0 spiro atoms. The van der Waals surface area contributed by atoms with Crippen molar-refractivity contribution in [1.29, 1.82) is 0 Å². The van der Waals surface area contributed by atoms with E-state index in [1.54, 1.807) is 44.4 Å². The summed E-state index contributed by atoms with van der Waals surface area (Å²) in [5.74, 6) is 0.705. The summed E-state index contributed by atoms with van der Waals surface area (Å²) in [6, 6.07) is 11.2. The molecule has 122 valence electrons. The van der Waals surface area contributed by atoms with Gasteiger partial charge in [0.25, 0.3) is 0 Å². The molecule has 23 heavy (non-hydrogen) atoms. The number of anilines is 1. The fraction of sp³-hybridized carbons (Fsp3) is 0.235. The summed E-state index contributed by atoms with van der Waals surface area (Å²) < 4.78 is 23.3. The van der Waals surface area contributed by atoms with Crippen LogP contribution < -0.4 is 14.8 Å². The normalized spacial score (nSPS) is 11.7. The molecule has 1 atom stereocenters. The van der Waals surface area contributed by atoms with Crippen molar-refractivity contribution in [3.63, 3.8) is 0 Å². The zero-order chi connectivity index (χ0) is 16.8. The molecule has 2 rings (SSSR count). The third kappa shape index (κ3) is 4.63. The van der Waals surface area contributed by atoms with E-state index < -0.39 is 0 Å². The molecule has 0 aromatic heterocycles. The lowest BCUT2D eigenvalue weighted by Crippen LogP contribution is -2.22. The van der Waals surface area contributed by atoms with Crippen molar-refractivity contribution in [2.24, 2.45) is 0 Å². The molecule has 1 amide bonds. The highest BCUT2D eigenvalue weighted by molar-refractivity contribution is 8.00. The number of thioether (sulfide) groups is 1. The van der Waals surface area contributed by atoms with E-state index in [1.807, 2.05) is 0 Å². The average molecular weight is 335 g/mol. The molecule has 0 radical (unpaired) electrons. The molecule has 0 unspecified atom stereocenters. The molecule has 0 aliphatic rings. The largest absolute Gasteiger partial charge is 0.497 e. The Morgan fingerprint density at radius 3 is 2.43 bits per heavy atom. The monoisotopic (exact) mass is 335 g/mol. The van der Waals surface area contributed by atoms with Crippen molar-refractivity contribution in [2.75, 3.05) is 19.5 Å². The second kappa shape index (κ2) is 7.87. The third-order valence-electron chi connectivity index (χ3n) is 3.16. The van der Waals surface area contributed by atoms with Gasteiger partial charge in [-0.3, -0.25) is 4.79 Å². The Morgan fingerprint density at radius 1 is 1.13 bits per heavy atom. The zero-order valence-electron chi connectivity index (χ0n) is 13.1. The predicted octanol–water partition coefficient (Wildman–Crippen LogP) is 3.96. The van der Waals surface area contributed by atoms with E-state index in [1.165, 1.54) is 31.0 Å². The highest BCUT2D eigenvalue weighted by atomic mass is 32.2. The molecule has 4 nitrogen and oxygen atoms in total. The van der Waals surface area contributed by atoms with Gasteiger partial charge in [0.05, 0.1) is 25.2 Å². The van der Waals surface area contributed by atoms with Crippen molar-refractivity contribution in [3.05, 3.63) is 48.3 Å². The van der Waals surface area contributed by atoms with Crippen LogP contribution in [0.1, 0.15) is 6.92 Å². The van der Waals surface area contributed by atoms with Gasteiger partial charge in [-0.1, -0.05) is 0 Å². The summed E-state index contributed by atoms with van der Waals surface area (Å²) in [6.07, 6.45) is 0. The molecule has 0 fully saturated rings. The minimum atomic E-state index is -0.351. The number of ether oxygens (including phenoxy) is 2. The van der Waals surface area contributed by atoms with E-state index >= 15 is 0 Å². The Hall–Kier alpha value is -2.21. The van der Waals surface area contributed by atoms with Crippen LogP contribution in [0.15, 0.2) is 47.4 Å². The topological polar surface area (TPSA) is 47.6 Å². The molecule has 1 N–H and O–H groups in total. The molecule has 0 saturated carbocycles. The number of carbonyl (C=O) groups excluding carboxylic acids is 1. The predicted molar refractivity (Wildman–Crippen MR) is 89.9 cm³/mol. The summed E-state index contributed by atoms with van der Waals surface area (Å²) in [5, 5.41) is 2.48. The van der Waals surface area contributed by atoms with Crippen LogP contribution in [0.2, 0.25) is 0 Å². The van der Waals surface area contributed by atoms with Crippen LogP contribution in [0.25, 0.3) is 0 Å². The molecule has 0 heterocycles. The first-order valence-corrected chi connectivity index (χ1v) is 7.86. The number of halogens is 1. The molecular weight excluding hydrogens is 317 g/mol. The maximum atomic E-state index is 12.9. The van der Waals surface area contributed by atoms with Gasteiger partial charge < -0.3 is 14.8 Å². The molecule has 2 aromatic rings. The number of hydrogen-bond acceptors (Lipinski definition) is 4. The van der Waals surface area contributed by atoms with E-state index in [4.69, 9.17) is 9.47 Å². The lowest BCUT2D eigenvalue weighted by Gasteiger charge is -2.15. The van der Waals surface area contributed by atoms with Gasteiger partial charge in [-0.25, -0.2) is 4.39 Å². The molecule has 6 heteroatoms. The SMILES string of the molecule is COc1ccc(OC)c(NC(=O)[C@@H](C)Sc2ccc(F)cc2)c1. The Bertz CT molecular complexity index is 676. The van der Waals surface area contributed by atoms with Crippen LogP contribution in [0, 0.1) is 5.82 Å². The smallest absolute Gasteiger partial charge is 0.237 e. The van der Waals surface area contributed by atoms with Crippen LogP contribution in [0.5, 0.6) is 11.5 Å². The number of methoxy groups -OCH3 is 2. The average Bonchev–Trinajstić information content (AvgIpc) is 2.56. The van der Waals surface area contributed by atoms with E-state index in [2.05, 4.69) is 5.32 Å². The number of amides is 1. The number of benzene rings is 2. The lowest BCUT2D eigenvalue weighted by molar-refractivity contribution is -0.115.